The van der Waals surface area contributed by atoms with Crippen LogP contribution in [0.1, 0.15) is 18.1 Å². The molecular formula is C25H26N2O4S. The van der Waals surface area contributed by atoms with E-state index in [0.717, 1.165) is 23.2 Å². The van der Waals surface area contributed by atoms with Gasteiger partial charge in [0.05, 0.1) is 4.90 Å². The van der Waals surface area contributed by atoms with Crippen molar-refractivity contribution in [3.05, 3.63) is 90.0 Å². The molecule has 4 rings (SSSR count). The monoisotopic (exact) mass is 450 g/mol. The van der Waals surface area contributed by atoms with Crippen molar-refractivity contribution in [2.24, 2.45) is 0 Å². The lowest BCUT2D eigenvalue weighted by molar-refractivity contribution is -0.120. The molecule has 1 aliphatic heterocycles. The zero-order valence-electron chi connectivity index (χ0n) is 18.1. The van der Waals surface area contributed by atoms with Gasteiger partial charge in [-0.25, -0.2) is 8.42 Å². The van der Waals surface area contributed by atoms with E-state index in [4.69, 9.17) is 4.74 Å². The van der Waals surface area contributed by atoms with Gasteiger partial charge in [0.25, 0.3) is 5.91 Å². The molecular weight excluding hydrogens is 424 g/mol. The smallest absolute Gasteiger partial charge is 0.265 e. The minimum absolute atomic E-state index is 0.0798. The van der Waals surface area contributed by atoms with Gasteiger partial charge >= 0.3 is 0 Å². The van der Waals surface area contributed by atoms with Crippen LogP contribution >= 0.6 is 0 Å². The Kier molecular flexibility index (Phi) is 6.30. The molecule has 0 fully saturated rings. The number of benzene rings is 3. The van der Waals surface area contributed by atoms with Crippen molar-refractivity contribution in [1.82, 2.24) is 4.31 Å². The highest BCUT2D eigenvalue weighted by Gasteiger charge is 2.30. The molecule has 6 nitrogen and oxygen atoms in total. The van der Waals surface area contributed by atoms with Crippen molar-refractivity contribution >= 4 is 21.6 Å². The van der Waals surface area contributed by atoms with E-state index < -0.39 is 10.0 Å². The van der Waals surface area contributed by atoms with E-state index >= 15 is 0 Å². The van der Waals surface area contributed by atoms with Gasteiger partial charge in [-0.2, -0.15) is 4.31 Å². The molecule has 0 bridgehead atoms. The standard InChI is InChI=1S/C25H26N2O4S/c1-19-16-21-10-6-7-11-24(21)27(19)25(28)18-31-22-12-14-23(15-13-22)32(29,30)26(2)17-20-8-4-3-5-9-20/h3-15,19H,16-18H2,1-2H3. The number of fused-ring (bicyclic) bond motifs is 1. The van der Waals surface area contributed by atoms with Gasteiger partial charge in [-0.15, -0.1) is 0 Å². The lowest BCUT2D eigenvalue weighted by atomic mass is 10.1. The van der Waals surface area contributed by atoms with Gasteiger partial charge in [0.1, 0.15) is 5.75 Å². The molecule has 3 aromatic carbocycles. The summed E-state index contributed by atoms with van der Waals surface area (Å²) in [7, 11) is -2.08. The normalized spacial score (nSPS) is 15.6. The Balaban J connectivity index is 1.39. The molecule has 0 radical (unpaired) electrons. The lowest BCUT2D eigenvalue weighted by Gasteiger charge is -2.22. The Labute approximate surface area is 189 Å². The minimum atomic E-state index is -3.64. The molecule has 7 heteroatoms. The van der Waals surface area contributed by atoms with Crippen molar-refractivity contribution in [1.29, 1.82) is 0 Å². The van der Waals surface area contributed by atoms with Gasteiger partial charge < -0.3 is 9.64 Å². The molecule has 1 amide bonds. The second-order valence-corrected chi connectivity index (χ2v) is 10.00. The molecule has 166 valence electrons. The highest BCUT2D eigenvalue weighted by molar-refractivity contribution is 7.89. The molecule has 0 aromatic heterocycles. The van der Waals surface area contributed by atoms with E-state index in [9.17, 15) is 13.2 Å². The number of ether oxygens (including phenoxy) is 1. The van der Waals surface area contributed by atoms with Crippen LogP contribution in [-0.2, 0) is 27.8 Å². The second kappa shape index (κ2) is 9.14. The van der Waals surface area contributed by atoms with Gasteiger partial charge in [-0.1, -0.05) is 48.5 Å². The molecule has 0 N–H and O–H groups in total. The maximum Gasteiger partial charge on any atom is 0.265 e. The molecule has 32 heavy (non-hydrogen) atoms. The van der Waals surface area contributed by atoms with Gasteiger partial charge in [-0.3, -0.25) is 4.79 Å². The third-order valence-corrected chi connectivity index (χ3v) is 7.44. The Morgan fingerprint density at radius 1 is 1.00 bits per heavy atom. The van der Waals surface area contributed by atoms with Crippen molar-refractivity contribution in [2.45, 2.75) is 30.8 Å². The van der Waals surface area contributed by atoms with Crippen LogP contribution in [0.15, 0.2) is 83.8 Å². The summed E-state index contributed by atoms with van der Waals surface area (Å²) < 4.78 is 32.7. The molecule has 0 spiro atoms. The predicted molar refractivity (Wildman–Crippen MR) is 124 cm³/mol. The predicted octanol–water partition coefficient (Wildman–Crippen LogP) is 3.86. The van der Waals surface area contributed by atoms with Gasteiger partial charge in [0.2, 0.25) is 10.0 Å². The lowest BCUT2D eigenvalue weighted by Crippen LogP contribution is -2.39. The molecule has 1 atom stereocenters. The number of carbonyl (C=O) groups is 1. The fourth-order valence-electron chi connectivity index (χ4n) is 3.97. The van der Waals surface area contributed by atoms with E-state index in [-0.39, 0.29) is 30.0 Å². The number of rotatable bonds is 7. The van der Waals surface area contributed by atoms with Crippen LogP contribution in [0.3, 0.4) is 0 Å². The fourth-order valence-corrected chi connectivity index (χ4v) is 5.13. The number of nitrogens with zero attached hydrogens (tertiary/aromatic N) is 2. The summed E-state index contributed by atoms with van der Waals surface area (Å²) in [4.78, 5) is 14.7. The van der Waals surface area contributed by atoms with E-state index in [1.807, 2.05) is 61.5 Å². The summed E-state index contributed by atoms with van der Waals surface area (Å²) in [6, 6.07) is 23.6. The van der Waals surface area contributed by atoms with E-state index in [1.165, 1.54) is 16.4 Å². The highest BCUT2D eigenvalue weighted by Crippen LogP contribution is 2.32. The summed E-state index contributed by atoms with van der Waals surface area (Å²) >= 11 is 0. The number of sulfonamides is 1. The van der Waals surface area contributed by atoms with E-state index in [1.54, 1.807) is 24.1 Å². The van der Waals surface area contributed by atoms with Crippen molar-refractivity contribution < 1.29 is 17.9 Å². The summed E-state index contributed by atoms with van der Waals surface area (Å²) in [5.41, 5.74) is 2.99. The number of para-hydroxylation sites is 1. The van der Waals surface area contributed by atoms with Gasteiger partial charge in [0.15, 0.2) is 6.61 Å². The molecule has 1 heterocycles. The third kappa shape index (κ3) is 4.54. The summed E-state index contributed by atoms with van der Waals surface area (Å²) in [6.45, 7) is 2.19. The Hall–Kier alpha value is -3.16. The van der Waals surface area contributed by atoms with Crippen molar-refractivity contribution in [3.63, 3.8) is 0 Å². The Morgan fingerprint density at radius 3 is 2.38 bits per heavy atom. The van der Waals surface area contributed by atoms with Crippen LogP contribution in [0.4, 0.5) is 5.69 Å². The zero-order chi connectivity index (χ0) is 22.7. The van der Waals surface area contributed by atoms with Gasteiger partial charge in [-0.05, 0) is 54.8 Å². The molecule has 3 aromatic rings. The SMILES string of the molecule is CC1Cc2ccccc2N1C(=O)COc1ccc(S(=O)(=O)N(C)Cc2ccccc2)cc1. The molecule has 0 saturated carbocycles. The van der Waals surface area contributed by atoms with Crippen LogP contribution in [-0.4, -0.2) is 38.3 Å². The van der Waals surface area contributed by atoms with Crippen LogP contribution in [0.25, 0.3) is 0 Å². The van der Waals surface area contributed by atoms with E-state index in [0.29, 0.717) is 5.75 Å². The van der Waals surface area contributed by atoms with Crippen LogP contribution in [0.5, 0.6) is 5.75 Å². The number of anilines is 1. The Morgan fingerprint density at radius 2 is 1.66 bits per heavy atom. The fraction of sp³-hybridized carbons (Fsp3) is 0.240. The van der Waals surface area contributed by atoms with Crippen LogP contribution < -0.4 is 9.64 Å². The average Bonchev–Trinajstić information content (AvgIpc) is 3.14. The minimum Gasteiger partial charge on any atom is -0.484 e. The average molecular weight is 451 g/mol. The number of carbonyl (C=O) groups excluding carboxylic acids is 1. The summed E-state index contributed by atoms with van der Waals surface area (Å²) in [6.07, 6.45) is 0.824. The first-order chi connectivity index (χ1) is 15.4. The summed E-state index contributed by atoms with van der Waals surface area (Å²) in [5.74, 6) is 0.324. The second-order valence-electron chi connectivity index (χ2n) is 7.95. The number of hydrogen-bond donors (Lipinski definition) is 0. The molecule has 0 aliphatic carbocycles. The maximum atomic E-state index is 12.9. The third-order valence-electron chi connectivity index (χ3n) is 5.62. The topological polar surface area (TPSA) is 66.9 Å². The highest BCUT2D eigenvalue weighted by atomic mass is 32.2. The molecule has 1 unspecified atom stereocenters. The maximum absolute atomic E-state index is 12.9. The first-order valence-electron chi connectivity index (χ1n) is 10.5. The molecule has 0 saturated heterocycles. The van der Waals surface area contributed by atoms with Gasteiger partial charge in [0, 0.05) is 25.3 Å². The quantitative estimate of drug-likeness (QED) is 0.548. The van der Waals surface area contributed by atoms with Crippen LogP contribution in [0.2, 0.25) is 0 Å². The number of hydrogen-bond acceptors (Lipinski definition) is 4. The summed E-state index contributed by atoms with van der Waals surface area (Å²) in [5, 5.41) is 0. The largest absolute Gasteiger partial charge is 0.484 e. The first-order valence-corrected chi connectivity index (χ1v) is 11.9. The van der Waals surface area contributed by atoms with Crippen LogP contribution in [0, 0.1) is 0 Å². The zero-order valence-corrected chi connectivity index (χ0v) is 19.0. The molecule has 1 aliphatic rings. The van der Waals surface area contributed by atoms with E-state index in [2.05, 4.69) is 0 Å². The van der Waals surface area contributed by atoms with Crippen molar-refractivity contribution in [3.8, 4) is 5.75 Å². The van der Waals surface area contributed by atoms with Crippen molar-refractivity contribution in [2.75, 3.05) is 18.6 Å². The number of amides is 1. The first kappa shape index (κ1) is 22.0. The Bertz CT molecular complexity index is 1190.